The summed E-state index contributed by atoms with van der Waals surface area (Å²) < 4.78 is 37.2. The number of carbonyl (C=O) groups is 1. The topological polar surface area (TPSA) is 62.2 Å². The molecule has 0 aliphatic heterocycles. The zero-order chi connectivity index (χ0) is 17.7. The maximum absolute atomic E-state index is 12.4. The normalized spacial score (nSPS) is 12.7. The Balaban J connectivity index is 1.87. The molecule has 0 saturated heterocycles. The molecule has 8 heteroatoms. The highest BCUT2D eigenvalue weighted by Gasteiger charge is 2.32. The van der Waals surface area contributed by atoms with Gasteiger partial charge in [-0.2, -0.15) is 13.2 Å². The van der Waals surface area contributed by atoms with Crippen molar-refractivity contribution in [1.29, 1.82) is 0 Å². The first-order chi connectivity index (χ1) is 11.3. The van der Waals surface area contributed by atoms with Crippen LogP contribution in [0.4, 0.5) is 13.2 Å². The maximum Gasteiger partial charge on any atom is 0.433 e. The van der Waals surface area contributed by atoms with Gasteiger partial charge in [-0.1, -0.05) is 23.7 Å². The summed E-state index contributed by atoms with van der Waals surface area (Å²) in [5.74, 6) is -0.561. The lowest BCUT2D eigenvalue weighted by Crippen LogP contribution is -2.26. The number of benzene rings is 1. The van der Waals surface area contributed by atoms with E-state index in [1.807, 2.05) is 0 Å². The van der Waals surface area contributed by atoms with Crippen LogP contribution in [0.5, 0.6) is 0 Å². The number of nitrogens with zero attached hydrogens (tertiary/aromatic N) is 1. The predicted molar refractivity (Wildman–Crippen MR) is 82.6 cm³/mol. The molecule has 1 atom stereocenters. The Morgan fingerprint density at radius 1 is 1.29 bits per heavy atom. The molecule has 128 valence electrons. The van der Waals surface area contributed by atoms with Crippen molar-refractivity contribution in [3.63, 3.8) is 0 Å². The van der Waals surface area contributed by atoms with Crippen molar-refractivity contribution in [2.45, 2.75) is 18.7 Å². The number of nitrogens with one attached hydrogen (secondary N) is 1. The second-order valence-corrected chi connectivity index (χ2v) is 5.48. The van der Waals surface area contributed by atoms with Crippen molar-refractivity contribution in [1.82, 2.24) is 10.3 Å². The van der Waals surface area contributed by atoms with E-state index in [9.17, 15) is 23.1 Å². The number of rotatable bonds is 5. The molecule has 4 nitrogen and oxygen atoms in total. The molecular formula is C16H14ClF3N2O2. The molecule has 0 spiro atoms. The fourth-order valence-corrected chi connectivity index (χ4v) is 2.20. The minimum absolute atomic E-state index is 0.0141. The molecule has 0 fully saturated rings. The third-order valence-electron chi connectivity index (χ3n) is 3.25. The van der Waals surface area contributed by atoms with Crippen LogP contribution in [0.2, 0.25) is 5.02 Å². The summed E-state index contributed by atoms with van der Waals surface area (Å²) in [5, 5.41) is 13.0. The van der Waals surface area contributed by atoms with Crippen LogP contribution in [0.15, 0.2) is 42.6 Å². The third kappa shape index (κ3) is 4.94. The van der Waals surface area contributed by atoms with E-state index in [0.29, 0.717) is 10.6 Å². The number of aromatic nitrogens is 1. The number of pyridine rings is 1. The van der Waals surface area contributed by atoms with Gasteiger partial charge in [0.1, 0.15) is 5.69 Å². The fourth-order valence-electron chi connectivity index (χ4n) is 2.00. The molecule has 1 amide bonds. The maximum atomic E-state index is 12.4. The highest BCUT2D eigenvalue weighted by molar-refractivity contribution is 6.30. The fraction of sp³-hybridized carbons (Fsp3) is 0.250. The molecule has 0 unspecified atom stereocenters. The van der Waals surface area contributed by atoms with E-state index in [1.54, 1.807) is 24.3 Å². The zero-order valence-corrected chi connectivity index (χ0v) is 13.1. The van der Waals surface area contributed by atoms with Gasteiger partial charge in [-0.05, 0) is 36.2 Å². The number of hydrogen-bond donors (Lipinski definition) is 2. The lowest BCUT2D eigenvalue weighted by Gasteiger charge is -2.12. The smallest absolute Gasteiger partial charge is 0.388 e. The SMILES string of the molecule is O=C(NCC[C@@H](O)c1cccc(Cl)c1)c1ccc(C(F)(F)F)nc1. The zero-order valence-electron chi connectivity index (χ0n) is 12.3. The van der Waals surface area contributed by atoms with E-state index in [4.69, 9.17) is 11.6 Å². The Kier molecular flexibility index (Phi) is 5.80. The van der Waals surface area contributed by atoms with Crippen LogP contribution < -0.4 is 5.32 Å². The molecule has 0 saturated carbocycles. The van der Waals surface area contributed by atoms with Crippen LogP contribution in [-0.2, 0) is 6.18 Å². The summed E-state index contributed by atoms with van der Waals surface area (Å²) in [4.78, 5) is 15.1. The Labute approximate surface area is 141 Å². The molecule has 1 heterocycles. The second-order valence-electron chi connectivity index (χ2n) is 5.05. The molecule has 2 N–H and O–H groups in total. The Bertz CT molecular complexity index is 705. The average molecular weight is 359 g/mol. The molecule has 2 aromatic rings. The highest BCUT2D eigenvalue weighted by atomic mass is 35.5. The van der Waals surface area contributed by atoms with Crippen LogP contribution in [0.3, 0.4) is 0 Å². The van der Waals surface area contributed by atoms with E-state index in [-0.39, 0.29) is 18.5 Å². The van der Waals surface area contributed by atoms with Crippen molar-refractivity contribution in [3.05, 3.63) is 64.4 Å². The first kappa shape index (κ1) is 18.2. The van der Waals surface area contributed by atoms with Gasteiger partial charge in [0.25, 0.3) is 5.91 Å². The number of hydrogen-bond acceptors (Lipinski definition) is 3. The molecule has 1 aromatic carbocycles. The lowest BCUT2D eigenvalue weighted by atomic mass is 10.1. The van der Waals surface area contributed by atoms with E-state index < -0.39 is 23.9 Å². The largest absolute Gasteiger partial charge is 0.433 e. The number of halogens is 4. The van der Waals surface area contributed by atoms with Crippen LogP contribution in [0.25, 0.3) is 0 Å². The lowest BCUT2D eigenvalue weighted by molar-refractivity contribution is -0.141. The first-order valence-electron chi connectivity index (χ1n) is 7.02. The van der Waals surface area contributed by atoms with Crippen molar-refractivity contribution < 1.29 is 23.1 Å². The molecule has 0 radical (unpaired) electrons. The van der Waals surface area contributed by atoms with Gasteiger partial charge in [-0.15, -0.1) is 0 Å². The highest BCUT2D eigenvalue weighted by Crippen LogP contribution is 2.27. The minimum Gasteiger partial charge on any atom is -0.388 e. The molecular weight excluding hydrogens is 345 g/mol. The van der Waals surface area contributed by atoms with E-state index in [1.165, 1.54) is 0 Å². The molecule has 0 bridgehead atoms. The number of carbonyl (C=O) groups excluding carboxylic acids is 1. The van der Waals surface area contributed by atoms with E-state index in [2.05, 4.69) is 10.3 Å². The van der Waals surface area contributed by atoms with Crippen molar-refractivity contribution in [3.8, 4) is 0 Å². The third-order valence-corrected chi connectivity index (χ3v) is 3.49. The number of aliphatic hydroxyl groups is 1. The standard InChI is InChI=1S/C16H14ClF3N2O2/c17-12-3-1-2-10(8-12)13(23)6-7-21-15(24)11-4-5-14(22-9-11)16(18,19)20/h1-5,8-9,13,23H,6-7H2,(H,21,24)/t13-/m1/s1. The second kappa shape index (κ2) is 7.63. The number of amides is 1. The summed E-state index contributed by atoms with van der Waals surface area (Å²) in [5.41, 5.74) is -0.427. The van der Waals surface area contributed by atoms with Gasteiger partial charge in [0.05, 0.1) is 11.7 Å². The van der Waals surface area contributed by atoms with Crippen LogP contribution in [0.1, 0.15) is 34.1 Å². The van der Waals surface area contributed by atoms with Crippen LogP contribution >= 0.6 is 11.6 Å². The quantitative estimate of drug-likeness (QED) is 0.858. The predicted octanol–water partition coefficient (Wildman–Crippen LogP) is 3.61. The Hall–Kier alpha value is -2.12. The monoisotopic (exact) mass is 358 g/mol. The summed E-state index contributed by atoms with van der Waals surface area (Å²) >= 11 is 5.83. The number of aliphatic hydroxyl groups excluding tert-OH is 1. The van der Waals surface area contributed by atoms with Crippen LogP contribution in [-0.4, -0.2) is 22.5 Å². The Morgan fingerprint density at radius 3 is 2.62 bits per heavy atom. The molecule has 24 heavy (non-hydrogen) atoms. The van der Waals surface area contributed by atoms with E-state index >= 15 is 0 Å². The molecule has 0 aliphatic rings. The van der Waals surface area contributed by atoms with Gasteiger partial charge in [-0.25, -0.2) is 0 Å². The van der Waals surface area contributed by atoms with Gasteiger partial charge in [0.2, 0.25) is 0 Å². The minimum atomic E-state index is -4.55. The number of alkyl halides is 3. The van der Waals surface area contributed by atoms with Crippen molar-refractivity contribution in [2.24, 2.45) is 0 Å². The Morgan fingerprint density at radius 2 is 2.04 bits per heavy atom. The van der Waals surface area contributed by atoms with Crippen molar-refractivity contribution >= 4 is 17.5 Å². The summed E-state index contributed by atoms with van der Waals surface area (Å²) in [6, 6.07) is 8.50. The molecule has 0 aliphatic carbocycles. The van der Waals surface area contributed by atoms with Gasteiger partial charge in [0.15, 0.2) is 0 Å². The van der Waals surface area contributed by atoms with E-state index in [0.717, 1.165) is 18.3 Å². The van der Waals surface area contributed by atoms with Gasteiger partial charge in [0, 0.05) is 17.8 Å². The van der Waals surface area contributed by atoms with Gasteiger partial charge < -0.3 is 10.4 Å². The summed E-state index contributed by atoms with van der Waals surface area (Å²) in [7, 11) is 0. The molecule has 1 aromatic heterocycles. The first-order valence-corrected chi connectivity index (χ1v) is 7.40. The van der Waals surface area contributed by atoms with Crippen LogP contribution in [0, 0.1) is 0 Å². The van der Waals surface area contributed by atoms with Crippen molar-refractivity contribution in [2.75, 3.05) is 6.54 Å². The summed E-state index contributed by atoms with van der Waals surface area (Å²) in [6.45, 7) is 0.146. The van der Waals surface area contributed by atoms with Gasteiger partial charge in [-0.3, -0.25) is 9.78 Å². The van der Waals surface area contributed by atoms with Gasteiger partial charge >= 0.3 is 6.18 Å². The average Bonchev–Trinajstić information content (AvgIpc) is 2.54. The summed E-state index contributed by atoms with van der Waals surface area (Å²) in [6.07, 6.45) is -4.25. The molecule has 2 rings (SSSR count).